The highest BCUT2D eigenvalue weighted by molar-refractivity contribution is 5.67. The van der Waals surface area contributed by atoms with Crippen LogP contribution in [0.5, 0.6) is 0 Å². The first-order valence-electron chi connectivity index (χ1n) is 12.2. The predicted molar refractivity (Wildman–Crippen MR) is 120 cm³/mol. The molecule has 1 saturated heterocycles. The second-order valence-corrected chi connectivity index (χ2v) is 7.62. The molecule has 0 aromatic heterocycles. The minimum Gasteiger partial charge on any atom is -0.457 e. The minimum absolute atomic E-state index is 0.00232. The lowest BCUT2D eigenvalue weighted by Crippen LogP contribution is -2.62. The Kier molecular flexibility index (Phi) is 13.1. The van der Waals surface area contributed by atoms with E-state index in [1.165, 1.54) is 33.1 Å². The Morgan fingerprint density at radius 3 is 2.16 bits per heavy atom. The van der Waals surface area contributed by atoms with Gasteiger partial charge in [-0.2, -0.15) is 0 Å². The van der Waals surface area contributed by atoms with Gasteiger partial charge < -0.3 is 28.4 Å². The smallest absolute Gasteiger partial charge is 0.303 e. The molecule has 0 aromatic rings. The predicted octanol–water partition coefficient (Wildman–Crippen LogP) is 3.73. The third-order valence-corrected chi connectivity index (χ3v) is 4.84. The molecule has 1 aliphatic heterocycles. The van der Waals surface area contributed by atoms with Gasteiger partial charge in [-0.3, -0.25) is 9.59 Å². The SMILES string of the molecule is [2H]C(=C)COC[C@H]1OC(OCCCCCCCC)[C@H](OC(C)=O)[C@@H](OCC([2H])=C)[C@H]1OC(C)=O. The van der Waals surface area contributed by atoms with Crippen LogP contribution in [0.2, 0.25) is 0 Å². The fourth-order valence-corrected chi connectivity index (χ4v) is 3.47. The molecule has 0 saturated carbocycles. The molecule has 1 unspecified atom stereocenters. The molecule has 1 aliphatic rings. The van der Waals surface area contributed by atoms with E-state index >= 15 is 0 Å². The lowest BCUT2D eigenvalue weighted by atomic mass is 9.98. The van der Waals surface area contributed by atoms with Crippen LogP contribution in [0.3, 0.4) is 0 Å². The monoisotopic (exact) mass is 458 g/mol. The second kappa shape index (κ2) is 16.8. The van der Waals surface area contributed by atoms with Crippen LogP contribution in [0.1, 0.15) is 62.0 Å². The van der Waals surface area contributed by atoms with Gasteiger partial charge in [0.1, 0.15) is 12.2 Å². The van der Waals surface area contributed by atoms with Gasteiger partial charge in [-0.1, -0.05) is 51.1 Å². The van der Waals surface area contributed by atoms with Crippen LogP contribution in [0.25, 0.3) is 0 Å². The summed E-state index contributed by atoms with van der Waals surface area (Å²) in [4.78, 5) is 23.7. The largest absolute Gasteiger partial charge is 0.457 e. The summed E-state index contributed by atoms with van der Waals surface area (Å²) in [5, 5.41) is 0. The Morgan fingerprint density at radius 2 is 1.53 bits per heavy atom. The summed E-state index contributed by atoms with van der Waals surface area (Å²) in [5.74, 6) is -1.17. The van der Waals surface area contributed by atoms with Crippen molar-refractivity contribution in [3.63, 3.8) is 0 Å². The van der Waals surface area contributed by atoms with Gasteiger partial charge in [-0.25, -0.2) is 0 Å². The highest BCUT2D eigenvalue weighted by Crippen LogP contribution is 2.30. The Balaban J connectivity index is 3.03. The van der Waals surface area contributed by atoms with E-state index in [2.05, 4.69) is 20.1 Å². The molecule has 1 rings (SSSR count). The molecule has 184 valence electrons. The average molecular weight is 459 g/mol. The maximum atomic E-state index is 11.9. The Morgan fingerprint density at radius 1 is 0.906 bits per heavy atom. The normalized spacial score (nSPS) is 26.0. The molecule has 1 fully saturated rings. The summed E-state index contributed by atoms with van der Waals surface area (Å²) < 4.78 is 49.3. The zero-order valence-electron chi connectivity index (χ0n) is 21.6. The maximum absolute atomic E-state index is 11.9. The van der Waals surface area contributed by atoms with Crippen molar-refractivity contribution in [1.82, 2.24) is 0 Å². The van der Waals surface area contributed by atoms with Gasteiger partial charge >= 0.3 is 11.9 Å². The first-order valence-corrected chi connectivity index (χ1v) is 11.2. The van der Waals surface area contributed by atoms with Crippen molar-refractivity contribution in [2.75, 3.05) is 26.4 Å². The van der Waals surface area contributed by atoms with E-state index in [1.807, 2.05) is 0 Å². The molecular weight excluding hydrogens is 416 g/mol. The zero-order chi connectivity index (χ0) is 25.5. The summed E-state index contributed by atoms with van der Waals surface area (Å²) >= 11 is 0. The molecular formula is C24H40O8. The number of rotatable bonds is 17. The molecule has 0 N–H and O–H groups in total. The highest BCUT2D eigenvalue weighted by atomic mass is 16.7. The zero-order valence-corrected chi connectivity index (χ0v) is 19.6. The maximum Gasteiger partial charge on any atom is 0.303 e. The molecule has 8 nitrogen and oxygen atoms in total. The summed E-state index contributed by atoms with van der Waals surface area (Å²) in [5.41, 5.74) is 0. The quantitative estimate of drug-likeness (QED) is 0.185. The highest BCUT2D eigenvalue weighted by Gasteiger charge is 2.51. The molecule has 5 atom stereocenters. The standard InChI is InChI=1S/C24H40O8/c1-6-9-10-11-12-13-16-29-24-23(31-19(5)26)22(28-15-8-3)21(30-18(4)25)20(32-24)17-27-14-7-2/h7-8,20-24H,2-3,6,9-17H2,1,4-5H3/t20-,21+,22+,23-,24?/m1/s1/i7D,8D. The number of hydrogen-bond donors (Lipinski definition) is 0. The van der Waals surface area contributed by atoms with Gasteiger partial charge in [0, 0.05) is 20.5 Å². The van der Waals surface area contributed by atoms with Crippen molar-refractivity contribution < 1.29 is 40.8 Å². The summed E-state index contributed by atoms with van der Waals surface area (Å²) in [6, 6.07) is 0.0734. The number of carbonyl (C=O) groups excluding carboxylic acids is 2. The Labute approximate surface area is 195 Å². The van der Waals surface area contributed by atoms with Gasteiger partial charge in [0.25, 0.3) is 0 Å². The molecule has 1 heterocycles. The molecule has 0 aliphatic carbocycles. The number of ether oxygens (including phenoxy) is 6. The van der Waals surface area contributed by atoms with Gasteiger partial charge in [0.05, 0.1) is 22.6 Å². The lowest BCUT2D eigenvalue weighted by molar-refractivity contribution is -0.312. The topological polar surface area (TPSA) is 89.5 Å². The Bertz CT molecular complexity index is 657. The van der Waals surface area contributed by atoms with Crippen molar-refractivity contribution in [3.8, 4) is 0 Å². The van der Waals surface area contributed by atoms with Crippen LogP contribution in [-0.4, -0.2) is 69.1 Å². The van der Waals surface area contributed by atoms with Crippen molar-refractivity contribution in [1.29, 1.82) is 0 Å². The summed E-state index contributed by atoms with van der Waals surface area (Å²) in [6.07, 6.45) is 1.60. The van der Waals surface area contributed by atoms with E-state index in [0.717, 1.165) is 19.3 Å². The van der Waals surface area contributed by atoms with Crippen molar-refractivity contribution >= 4 is 11.9 Å². The van der Waals surface area contributed by atoms with E-state index in [1.54, 1.807) is 0 Å². The molecule has 32 heavy (non-hydrogen) atoms. The minimum atomic E-state index is -1.04. The van der Waals surface area contributed by atoms with Crippen LogP contribution in [0.15, 0.2) is 25.3 Å². The fraction of sp³-hybridized carbons (Fsp3) is 0.750. The van der Waals surface area contributed by atoms with E-state index in [0.29, 0.717) is 6.61 Å². The van der Waals surface area contributed by atoms with Crippen molar-refractivity contribution in [2.45, 2.75) is 90.0 Å². The molecule has 0 radical (unpaired) electrons. The average Bonchev–Trinajstić information content (AvgIpc) is 2.73. The number of carbonyl (C=O) groups is 2. The van der Waals surface area contributed by atoms with E-state index < -0.39 is 42.6 Å². The fourth-order valence-electron chi connectivity index (χ4n) is 3.47. The summed E-state index contributed by atoms with van der Waals surface area (Å²) in [7, 11) is 0. The van der Waals surface area contributed by atoms with E-state index in [9.17, 15) is 9.59 Å². The molecule has 0 spiro atoms. The first kappa shape index (κ1) is 24.9. The van der Waals surface area contributed by atoms with Crippen LogP contribution in [0.4, 0.5) is 0 Å². The molecule has 0 aromatic carbocycles. The Hall–Kier alpha value is -1.74. The van der Waals surface area contributed by atoms with Crippen LogP contribution < -0.4 is 0 Å². The third-order valence-electron chi connectivity index (χ3n) is 4.84. The van der Waals surface area contributed by atoms with Gasteiger partial charge in [0.15, 0.2) is 18.5 Å². The van der Waals surface area contributed by atoms with Crippen LogP contribution in [-0.2, 0) is 38.0 Å². The van der Waals surface area contributed by atoms with Gasteiger partial charge in [-0.15, -0.1) is 13.2 Å². The van der Waals surface area contributed by atoms with Crippen molar-refractivity contribution in [2.24, 2.45) is 0 Å². The van der Waals surface area contributed by atoms with Crippen LogP contribution in [0, 0.1) is 0 Å². The number of esters is 2. The molecule has 0 amide bonds. The lowest BCUT2D eigenvalue weighted by Gasteiger charge is -2.44. The second-order valence-electron chi connectivity index (χ2n) is 7.62. The number of hydrogen-bond acceptors (Lipinski definition) is 8. The molecule has 8 heteroatoms. The van der Waals surface area contributed by atoms with E-state index in [4.69, 9.17) is 31.2 Å². The van der Waals surface area contributed by atoms with E-state index in [-0.39, 0.29) is 31.9 Å². The number of unbranched alkanes of at least 4 members (excludes halogenated alkanes) is 5. The van der Waals surface area contributed by atoms with Gasteiger partial charge in [0.2, 0.25) is 0 Å². The molecule has 0 bridgehead atoms. The van der Waals surface area contributed by atoms with Gasteiger partial charge in [-0.05, 0) is 6.42 Å². The third kappa shape index (κ3) is 10.7. The van der Waals surface area contributed by atoms with Crippen molar-refractivity contribution in [3.05, 3.63) is 25.3 Å². The summed E-state index contributed by atoms with van der Waals surface area (Å²) in [6.45, 7) is 11.8. The van der Waals surface area contributed by atoms with Crippen LogP contribution >= 0.6 is 0 Å². The first-order chi connectivity index (χ1) is 16.1.